The van der Waals surface area contributed by atoms with E-state index in [4.69, 9.17) is 5.11 Å². The van der Waals surface area contributed by atoms with Crippen molar-refractivity contribution in [3.05, 3.63) is 41.5 Å². The summed E-state index contributed by atoms with van der Waals surface area (Å²) in [6.45, 7) is 1.41. The molecule has 1 aliphatic carbocycles. The maximum atomic E-state index is 13.7. The lowest BCUT2D eigenvalue weighted by Crippen LogP contribution is -2.35. The topological polar surface area (TPSA) is 66.4 Å². The van der Waals surface area contributed by atoms with Crippen molar-refractivity contribution >= 4 is 17.6 Å². The van der Waals surface area contributed by atoms with Crippen LogP contribution in [0.1, 0.15) is 18.4 Å². The maximum Gasteiger partial charge on any atom is 0.307 e. The Balaban J connectivity index is 2.19. The molecule has 2 atom stereocenters. The minimum Gasteiger partial charge on any atom is -0.481 e. The number of aryl methyl sites for hydroxylation is 1. The van der Waals surface area contributed by atoms with Crippen LogP contribution in [0.25, 0.3) is 0 Å². The Morgan fingerprint density at radius 3 is 2.38 bits per heavy atom. The molecule has 6 heteroatoms. The molecule has 2 unspecified atom stereocenters. The molecule has 0 saturated carbocycles. The van der Waals surface area contributed by atoms with E-state index in [1.165, 1.54) is 6.92 Å². The average molecular weight is 295 g/mol. The number of nitrogens with one attached hydrogen (secondary N) is 1. The summed E-state index contributed by atoms with van der Waals surface area (Å²) in [6.07, 6.45) is 3.93. The van der Waals surface area contributed by atoms with Gasteiger partial charge in [0.15, 0.2) is 0 Å². The van der Waals surface area contributed by atoms with Crippen molar-refractivity contribution in [3.63, 3.8) is 0 Å². The predicted octanol–water partition coefficient (Wildman–Crippen LogP) is 2.88. The number of carbonyl (C=O) groups is 2. The van der Waals surface area contributed by atoms with Crippen LogP contribution in [-0.4, -0.2) is 17.0 Å². The van der Waals surface area contributed by atoms with Crippen molar-refractivity contribution in [2.24, 2.45) is 11.8 Å². The van der Waals surface area contributed by atoms with Gasteiger partial charge in [0.05, 0.1) is 17.5 Å². The molecule has 2 rings (SSSR count). The zero-order valence-corrected chi connectivity index (χ0v) is 11.4. The number of allylic oxidation sites excluding steroid dienone is 2. The molecule has 0 fully saturated rings. The van der Waals surface area contributed by atoms with Gasteiger partial charge in [-0.15, -0.1) is 0 Å². The molecule has 0 heterocycles. The van der Waals surface area contributed by atoms with E-state index >= 15 is 0 Å². The molecule has 0 saturated heterocycles. The Hall–Kier alpha value is -2.24. The van der Waals surface area contributed by atoms with Crippen LogP contribution in [0.15, 0.2) is 24.3 Å². The number of amides is 1. The number of halogens is 2. The zero-order valence-electron chi connectivity index (χ0n) is 11.4. The third kappa shape index (κ3) is 3.26. The number of rotatable bonds is 3. The number of hydrogen-bond donors (Lipinski definition) is 2. The molecular formula is C15H15F2NO3. The number of carbonyl (C=O) groups excluding carboxylic acids is 1. The first-order valence-electron chi connectivity index (χ1n) is 6.54. The van der Waals surface area contributed by atoms with Crippen molar-refractivity contribution in [1.29, 1.82) is 0 Å². The van der Waals surface area contributed by atoms with E-state index in [9.17, 15) is 18.4 Å². The van der Waals surface area contributed by atoms with Gasteiger partial charge in [0.25, 0.3) is 0 Å². The van der Waals surface area contributed by atoms with Crippen molar-refractivity contribution in [2.45, 2.75) is 19.8 Å². The normalized spacial score (nSPS) is 21.1. The third-order valence-electron chi connectivity index (χ3n) is 3.59. The molecule has 1 aromatic rings. The van der Waals surface area contributed by atoms with E-state index < -0.39 is 35.3 Å². The molecular weight excluding hydrogens is 280 g/mol. The van der Waals surface area contributed by atoms with Crippen molar-refractivity contribution in [2.75, 3.05) is 5.32 Å². The van der Waals surface area contributed by atoms with E-state index in [1.54, 1.807) is 12.2 Å². The predicted molar refractivity (Wildman–Crippen MR) is 72.7 cm³/mol. The van der Waals surface area contributed by atoms with Gasteiger partial charge in [0.2, 0.25) is 5.91 Å². The Morgan fingerprint density at radius 1 is 1.14 bits per heavy atom. The fourth-order valence-electron chi connectivity index (χ4n) is 2.34. The van der Waals surface area contributed by atoms with Crippen LogP contribution in [0.2, 0.25) is 0 Å². The molecule has 21 heavy (non-hydrogen) atoms. The van der Waals surface area contributed by atoms with E-state index in [1.807, 2.05) is 0 Å². The van der Waals surface area contributed by atoms with Gasteiger partial charge < -0.3 is 10.4 Å². The van der Waals surface area contributed by atoms with Crippen LogP contribution in [-0.2, 0) is 9.59 Å². The minimum atomic E-state index is -1.07. The first-order valence-corrected chi connectivity index (χ1v) is 6.54. The number of carboxylic acids is 1. The smallest absolute Gasteiger partial charge is 0.307 e. The van der Waals surface area contributed by atoms with Crippen molar-refractivity contribution < 1.29 is 23.5 Å². The highest BCUT2D eigenvalue weighted by Gasteiger charge is 2.34. The molecule has 0 aromatic heterocycles. The lowest BCUT2D eigenvalue weighted by molar-refractivity contribution is -0.146. The summed E-state index contributed by atoms with van der Waals surface area (Å²) >= 11 is 0. The van der Waals surface area contributed by atoms with Gasteiger partial charge in [-0.2, -0.15) is 0 Å². The Morgan fingerprint density at radius 2 is 1.76 bits per heavy atom. The number of anilines is 1. The van der Waals surface area contributed by atoms with Gasteiger partial charge in [0, 0.05) is 6.07 Å². The van der Waals surface area contributed by atoms with Crippen LogP contribution in [0.4, 0.5) is 14.5 Å². The second-order valence-electron chi connectivity index (χ2n) is 5.06. The highest BCUT2D eigenvalue weighted by atomic mass is 19.1. The molecule has 0 radical (unpaired) electrons. The minimum absolute atomic E-state index is 0.134. The molecule has 0 aliphatic heterocycles. The highest BCUT2D eigenvalue weighted by Crippen LogP contribution is 2.28. The lowest BCUT2D eigenvalue weighted by atomic mass is 9.82. The summed E-state index contributed by atoms with van der Waals surface area (Å²) in [7, 11) is 0. The molecule has 112 valence electrons. The SMILES string of the molecule is Cc1cc(F)c(NC(=O)C2CC=CCC2C(=O)O)cc1F. The molecule has 1 aromatic carbocycles. The van der Waals surface area contributed by atoms with Crippen LogP contribution in [0, 0.1) is 30.4 Å². The lowest BCUT2D eigenvalue weighted by Gasteiger charge is -2.24. The van der Waals surface area contributed by atoms with Gasteiger partial charge >= 0.3 is 5.97 Å². The summed E-state index contributed by atoms with van der Waals surface area (Å²) < 4.78 is 27.1. The van der Waals surface area contributed by atoms with Crippen molar-refractivity contribution in [3.8, 4) is 0 Å². The van der Waals surface area contributed by atoms with E-state index in [0.717, 1.165) is 12.1 Å². The standard InChI is InChI=1S/C15H15F2NO3/c1-8-6-12(17)13(7-11(8)16)18-14(19)9-4-2-3-5-10(9)15(20)21/h2-3,6-7,9-10H,4-5H2,1H3,(H,18,19)(H,20,21). The second kappa shape index (κ2) is 6.03. The summed E-state index contributed by atoms with van der Waals surface area (Å²) in [6, 6.07) is 1.89. The van der Waals surface area contributed by atoms with Gasteiger partial charge in [-0.25, -0.2) is 8.78 Å². The van der Waals surface area contributed by atoms with Crippen LogP contribution in [0.5, 0.6) is 0 Å². The van der Waals surface area contributed by atoms with E-state index in [-0.39, 0.29) is 24.1 Å². The highest BCUT2D eigenvalue weighted by molar-refractivity contribution is 5.95. The monoisotopic (exact) mass is 295 g/mol. The van der Waals surface area contributed by atoms with Crippen LogP contribution >= 0.6 is 0 Å². The van der Waals surface area contributed by atoms with E-state index in [0.29, 0.717) is 0 Å². The summed E-state index contributed by atoms with van der Waals surface area (Å²) in [5.74, 6) is -4.72. The zero-order chi connectivity index (χ0) is 15.6. The van der Waals surface area contributed by atoms with Crippen LogP contribution in [0.3, 0.4) is 0 Å². The third-order valence-corrected chi connectivity index (χ3v) is 3.59. The Labute approximate surface area is 120 Å². The fourth-order valence-corrected chi connectivity index (χ4v) is 2.34. The van der Waals surface area contributed by atoms with Gasteiger partial charge in [0.1, 0.15) is 11.6 Å². The first kappa shape index (κ1) is 15.2. The number of aliphatic carboxylic acids is 1. The molecule has 1 amide bonds. The average Bonchev–Trinajstić information content (AvgIpc) is 2.44. The molecule has 4 nitrogen and oxygen atoms in total. The van der Waals surface area contributed by atoms with Crippen molar-refractivity contribution in [1.82, 2.24) is 0 Å². The summed E-state index contributed by atoms with van der Waals surface area (Å²) in [5.41, 5.74) is -0.142. The largest absolute Gasteiger partial charge is 0.481 e. The first-order chi connectivity index (χ1) is 9.90. The van der Waals surface area contributed by atoms with E-state index in [2.05, 4.69) is 5.32 Å². The van der Waals surface area contributed by atoms with Gasteiger partial charge in [-0.3, -0.25) is 9.59 Å². The molecule has 1 aliphatic rings. The number of benzene rings is 1. The Kier molecular flexibility index (Phi) is 4.35. The quantitative estimate of drug-likeness (QED) is 0.843. The van der Waals surface area contributed by atoms with Gasteiger partial charge in [-0.1, -0.05) is 12.2 Å². The summed E-state index contributed by atoms with van der Waals surface area (Å²) in [5, 5.41) is 11.4. The second-order valence-corrected chi connectivity index (χ2v) is 5.06. The maximum absolute atomic E-state index is 13.7. The molecule has 2 N–H and O–H groups in total. The molecule has 0 bridgehead atoms. The Bertz CT molecular complexity index is 613. The summed E-state index contributed by atoms with van der Waals surface area (Å²) in [4.78, 5) is 23.3. The fraction of sp³-hybridized carbons (Fsp3) is 0.333. The van der Waals surface area contributed by atoms with Crippen LogP contribution < -0.4 is 5.32 Å². The van der Waals surface area contributed by atoms with Gasteiger partial charge in [-0.05, 0) is 31.4 Å². The number of carboxylic acid groups (broad SMARTS) is 1. The molecule has 0 spiro atoms. The number of hydrogen-bond acceptors (Lipinski definition) is 2.